The van der Waals surface area contributed by atoms with Gasteiger partial charge in [-0.25, -0.2) is 0 Å². The smallest absolute Gasteiger partial charge is 0.317 e. The fourth-order valence-electron chi connectivity index (χ4n) is 2.84. The van der Waals surface area contributed by atoms with Gasteiger partial charge in [-0.15, -0.1) is 0 Å². The number of pyridine rings is 1. The molecule has 0 spiro atoms. The SMILES string of the molecule is CCOC(=O)C(C)(C)c1nc2ccccc2c2c(Cl)cccc12. The van der Waals surface area contributed by atoms with Gasteiger partial charge in [-0.05, 0) is 32.9 Å². The minimum atomic E-state index is -0.858. The van der Waals surface area contributed by atoms with Gasteiger partial charge in [0, 0.05) is 21.2 Å². The maximum absolute atomic E-state index is 12.4. The number of ether oxygens (including phenoxy) is 1. The van der Waals surface area contributed by atoms with Crippen molar-refractivity contribution in [2.24, 2.45) is 0 Å². The Hall–Kier alpha value is -2.13. The molecule has 2 aromatic carbocycles. The standard InChI is InChI=1S/C19H18ClNO2/c1-4-23-18(22)19(2,3)17-13-9-7-10-14(20)16(13)12-8-5-6-11-15(12)21-17/h5-11H,4H2,1-3H3. The molecule has 4 heteroatoms. The number of benzene rings is 2. The molecular weight excluding hydrogens is 310 g/mol. The van der Waals surface area contributed by atoms with E-state index in [1.165, 1.54) is 0 Å². The number of fused-ring (bicyclic) bond motifs is 3. The molecule has 0 saturated heterocycles. The molecule has 3 aromatic rings. The summed E-state index contributed by atoms with van der Waals surface area (Å²) in [5, 5.41) is 3.44. The van der Waals surface area contributed by atoms with E-state index in [-0.39, 0.29) is 5.97 Å². The molecule has 0 fully saturated rings. The van der Waals surface area contributed by atoms with Crippen LogP contribution in [0, 0.1) is 0 Å². The first-order valence-electron chi connectivity index (χ1n) is 7.61. The van der Waals surface area contributed by atoms with Crippen molar-refractivity contribution < 1.29 is 9.53 Å². The molecule has 0 N–H and O–H groups in total. The van der Waals surface area contributed by atoms with Gasteiger partial charge in [-0.2, -0.15) is 0 Å². The Labute approximate surface area is 140 Å². The van der Waals surface area contributed by atoms with Crippen LogP contribution in [0.1, 0.15) is 26.5 Å². The second-order valence-electron chi connectivity index (χ2n) is 5.99. The molecule has 0 aliphatic heterocycles. The van der Waals surface area contributed by atoms with Gasteiger partial charge in [0.05, 0.1) is 17.8 Å². The van der Waals surface area contributed by atoms with Gasteiger partial charge in [0.25, 0.3) is 0 Å². The zero-order valence-electron chi connectivity index (χ0n) is 13.4. The van der Waals surface area contributed by atoms with Crippen LogP contribution < -0.4 is 0 Å². The number of carbonyl (C=O) groups is 1. The molecule has 0 atom stereocenters. The van der Waals surface area contributed by atoms with E-state index in [0.717, 1.165) is 21.7 Å². The van der Waals surface area contributed by atoms with E-state index < -0.39 is 5.41 Å². The zero-order valence-corrected chi connectivity index (χ0v) is 14.1. The number of esters is 1. The number of carbonyl (C=O) groups excluding carboxylic acids is 1. The largest absolute Gasteiger partial charge is 0.465 e. The van der Waals surface area contributed by atoms with E-state index in [0.29, 0.717) is 17.3 Å². The number of rotatable bonds is 3. The second kappa shape index (κ2) is 5.82. The second-order valence-corrected chi connectivity index (χ2v) is 6.39. The predicted molar refractivity (Wildman–Crippen MR) is 93.9 cm³/mol. The summed E-state index contributed by atoms with van der Waals surface area (Å²) < 4.78 is 5.24. The highest BCUT2D eigenvalue weighted by molar-refractivity contribution is 6.38. The van der Waals surface area contributed by atoms with Gasteiger partial charge >= 0.3 is 5.97 Å². The number of para-hydroxylation sites is 1. The molecule has 1 aromatic heterocycles. The average molecular weight is 328 g/mol. The molecule has 3 nitrogen and oxygen atoms in total. The third kappa shape index (κ3) is 2.55. The highest BCUT2D eigenvalue weighted by Crippen LogP contribution is 2.37. The van der Waals surface area contributed by atoms with Crippen molar-refractivity contribution in [3.63, 3.8) is 0 Å². The van der Waals surface area contributed by atoms with E-state index in [1.54, 1.807) is 6.92 Å². The lowest BCUT2D eigenvalue weighted by Gasteiger charge is -2.24. The molecule has 1 heterocycles. The number of halogens is 1. The van der Waals surface area contributed by atoms with Gasteiger partial charge in [0.2, 0.25) is 0 Å². The maximum Gasteiger partial charge on any atom is 0.317 e. The van der Waals surface area contributed by atoms with Gasteiger partial charge in [0.1, 0.15) is 5.41 Å². The number of aromatic nitrogens is 1. The Kier molecular flexibility index (Phi) is 3.99. The third-order valence-electron chi connectivity index (χ3n) is 4.05. The van der Waals surface area contributed by atoms with Crippen molar-refractivity contribution in [1.82, 2.24) is 4.98 Å². The molecule has 23 heavy (non-hydrogen) atoms. The normalized spacial score (nSPS) is 11.8. The summed E-state index contributed by atoms with van der Waals surface area (Å²) in [5.41, 5.74) is 0.649. The number of hydrogen-bond acceptors (Lipinski definition) is 3. The lowest BCUT2D eigenvalue weighted by molar-refractivity contribution is -0.148. The predicted octanol–water partition coefficient (Wildman–Crippen LogP) is 4.88. The third-order valence-corrected chi connectivity index (χ3v) is 4.37. The topological polar surface area (TPSA) is 39.2 Å². The van der Waals surface area contributed by atoms with Crippen molar-refractivity contribution in [2.75, 3.05) is 6.61 Å². The summed E-state index contributed by atoms with van der Waals surface area (Å²) in [6.07, 6.45) is 0. The molecular formula is C19H18ClNO2. The molecule has 0 unspecified atom stereocenters. The average Bonchev–Trinajstić information content (AvgIpc) is 2.54. The van der Waals surface area contributed by atoms with Crippen LogP contribution in [0.3, 0.4) is 0 Å². The molecule has 118 valence electrons. The summed E-state index contributed by atoms with van der Waals surface area (Å²) in [6.45, 7) is 5.82. The molecule has 0 radical (unpaired) electrons. The zero-order chi connectivity index (χ0) is 16.6. The Bertz CT molecular complexity index is 902. The van der Waals surface area contributed by atoms with Crippen molar-refractivity contribution in [1.29, 1.82) is 0 Å². The quantitative estimate of drug-likeness (QED) is 0.508. The van der Waals surface area contributed by atoms with Gasteiger partial charge in [-0.1, -0.05) is 41.9 Å². The lowest BCUT2D eigenvalue weighted by Crippen LogP contribution is -2.32. The van der Waals surface area contributed by atoms with E-state index in [2.05, 4.69) is 0 Å². The molecule has 0 aliphatic carbocycles. The van der Waals surface area contributed by atoms with Crippen molar-refractivity contribution in [3.05, 3.63) is 53.2 Å². The van der Waals surface area contributed by atoms with Crippen LogP contribution in [0.2, 0.25) is 5.02 Å². The van der Waals surface area contributed by atoms with E-state index in [9.17, 15) is 4.79 Å². The van der Waals surface area contributed by atoms with Gasteiger partial charge < -0.3 is 4.74 Å². The van der Waals surface area contributed by atoms with Crippen LogP contribution in [0.4, 0.5) is 0 Å². The summed E-state index contributed by atoms with van der Waals surface area (Å²) >= 11 is 6.45. The van der Waals surface area contributed by atoms with Crippen LogP contribution in [-0.2, 0) is 14.9 Å². The van der Waals surface area contributed by atoms with Gasteiger partial charge in [-0.3, -0.25) is 9.78 Å². The lowest BCUT2D eigenvalue weighted by atomic mass is 9.85. The van der Waals surface area contributed by atoms with E-state index in [1.807, 2.05) is 56.3 Å². The minimum absolute atomic E-state index is 0.288. The Morgan fingerprint density at radius 2 is 1.83 bits per heavy atom. The molecule has 3 rings (SSSR count). The first-order valence-corrected chi connectivity index (χ1v) is 7.99. The molecule has 0 aliphatic rings. The number of hydrogen-bond donors (Lipinski definition) is 0. The van der Waals surface area contributed by atoms with Crippen LogP contribution in [0.25, 0.3) is 21.7 Å². The summed E-state index contributed by atoms with van der Waals surface area (Å²) in [6, 6.07) is 13.5. The highest BCUT2D eigenvalue weighted by atomic mass is 35.5. The number of nitrogens with zero attached hydrogens (tertiary/aromatic N) is 1. The summed E-state index contributed by atoms with van der Waals surface area (Å²) in [5.74, 6) is -0.288. The van der Waals surface area contributed by atoms with E-state index in [4.69, 9.17) is 21.3 Å². The van der Waals surface area contributed by atoms with Crippen molar-refractivity contribution >= 4 is 39.2 Å². The van der Waals surface area contributed by atoms with Crippen LogP contribution >= 0.6 is 11.6 Å². The molecule has 0 amide bonds. The van der Waals surface area contributed by atoms with Crippen LogP contribution in [-0.4, -0.2) is 17.6 Å². The molecule has 0 bridgehead atoms. The van der Waals surface area contributed by atoms with Crippen molar-refractivity contribution in [2.45, 2.75) is 26.2 Å². The van der Waals surface area contributed by atoms with Crippen LogP contribution in [0.15, 0.2) is 42.5 Å². The molecule has 0 saturated carbocycles. The maximum atomic E-state index is 12.4. The fourth-order valence-corrected chi connectivity index (χ4v) is 3.12. The first-order chi connectivity index (χ1) is 11.0. The summed E-state index contributed by atoms with van der Waals surface area (Å²) in [4.78, 5) is 17.2. The minimum Gasteiger partial charge on any atom is -0.465 e. The Balaban J connectivity index is 2.40. The fraction of sp³-hybridized carbons (Fsp3) is 0.263. The van der Waals surface area contributed by atoms with Crippen LogP contribution in [0.5, 0.6) is 0 Å². The van der Waals surface area contributed by atoms with Crippen molar-refractivity contribution in [3.8, 4) is 0 Å². The first kappa shape index (κ1) is 15.8. The van der Waals surface area contributed by atoms with E-state index >= 15 is 0 Å². The monoisotopic (exact) mass is 327 g/mol. The highest BCUT2D eigenvalue weighted by Gasteiger charge is 2.35. The summed E-state index contributed by atoms with van der Waals surface area (Å²) in [7, 11) is 0. The Morgan fingerprint density at radius 3 is 2.57 bits per heavy atom. The Morgan fingerprint density at radius 1 is 1.13 bits per heavy atom. The van der Waals surface area contributed by atoms with Gasteiger partial charge in [0.15, 0.2) is 0 Å².